The van der Waals surface area contributed by atoms with Crippen LogP contribution in [0.3, 0.4) is 0 Å². The molecule has 47 heavy (non-hydrogen) atoms. The minimum atomic E-state index is -0.927. The molecule has 0 aromatic heterocycles. The fourth-order valence-corrected chi connectivity index (χ4v) is 6.69. The van der Waals surface area contributed by atoms with Crippen molar-refractivity contribution < 1.29 is 28.6 Å². The minimum Gasteiger partial charge on any atom is -0.488 e. The van der Waals surface area contributed by atoms with Crippen LogP contribution < -0.4 is 19.5 Å². The van der Waals surface area contributed by atoms with Gasteiger partial charge in [0.1, 0.15) is 17.8 Å². The van der Waals surface area contributed by atoms with Crippen molar-refractivity contribution in [3.63, 3.8) is 0 Å². The summed E-state index contributed by atoms with van der Waals surface area (Å²) in [5.74, 6) is 0.425. The molecule has 2 aliphatic rings. The second-order valence-electron chi connectivity index (χ2n) is 12.7. The molecule has 2 amide bonds. The van der Waals surface area contributed by atoms with E-state index in [-0.39, 0.29) is 30.4 Å². The van der Waals surface area contributed by atoms with E-state index in [1.807, 2.05) is 57.3 Å². The molecule has 0 radical (unpaired) electrons. The van der Waals surface area contributed by atoms with Crippen molar-refractivity contribution in [1.29, 1.82) is 0 Å². The summed E-state index contributed by atoms with van der Waals surface area (Å²) in [6.07, 6.45) is 2.07. The van der Waals surface area contributed by atoms with Gasteiger partial charge in [-0.25, -0.2) is 0 Å². The molecule has 0 bridgehead atoms. The zero-order valence-corrected chi connectivity index (χ0v) is 28.2. The second kappa shape index (κ2) is 15.0. The third-order valence-corrected chi connectivity index (χ3v) is 9.68. The topological polar surface area (TPSA) is 97.4 Å². The van der Waals surface area contributed by atoms with E-state index in [0.29, 0.717) is 48.6 Å². The Morgan fingerprint density at radius 2 is 1.64 bits per heavy atom. The Morgan fingerprint density at radius 3 is 2.32 bits per heavy atom. The molecule has 2 unspecified atom stereocenters. The van der Waals surface area contributed by atoms with E-state index in [1.54, 1.807) is 36.2 Å². The SMILES string of the molecule is CCCC(NC(=O)C1C(=O)C(CC)(CC)[C@@H]1Oc1ccc(C(=O)N(C)CCN(C)Cc2ccccc2)cc1)c1ccc2c(c1)OCO2. The standard InChI is InChI=1S/C38H47N3O6/c1-6-12-30(28-17-20-31-32(23-28)46-25-45-31)39-36(43)33-34(42)38(7-2,8-3)35(33)47-29-18-15-27(16-19-29)37(44)41(5)22-21-40(4)24-26-13-10-9-11-14-26/h9-11,13-20,23,30,33,35H,6-8,12,21-22,24-25H2,1-5H3,(H,39,43)/t30?,33?,35-/m1/s1. The number of carbonyl (C=O) groups excluding carboxylic acids is 3. The van der Waals surface area contributed by atoms with E-state index in [2.05, 4.69) is 29.3 Å². The van der Waals surface area contributed by atoms with Crippen LogP contribution in [-0.2, 0) is 16.1 Å². The smallest absolute Gasteiger partial charge is 0.253 e. The summed E-state index contributed by atoms with van der Waals surface area (Å²) >= 11 is 0. The monoisotopic (exact) mass is 641 g/mol. The van der Waals surface area contributed by atoms with E-state index in [1.165, 1.54) is 5.56 Å². The Bertz CT molecular complexity index is 1540. The lowest BCUT2D eigenvalue weighted by atomic mass is 9.55. The molecule has 1 aliphatic carbocycles. The first-order chi connectivity index (χ1) is 22.7. The second-order valence-corrected chi connectivity index (χ2v) is 12.7. The third kappa shape index (κ3) is 7.30. The summed E-state index contributed by atoms with van der Waals surface area (Å²) in [7, 11) is 3.85. The van der Waals surface area contributed by atoms with E-state index < -0.39 is 17.4 Å². The first-order valence-corrected chi connectivity index (χ1v) is 16.7. The molecule has 250 valence electrons. The summed E-state index contributed by atoms with van der Waals surface area (Å²) in [4.78, 5) is 44.5. The van der Waals surface area contributed by atoms with Crippen molar-refractivity contribution in [3.8, 4) is 17.2 Å². The van der Waals surface area contributed by atoms with Crippen LogP contribution in [0.1, 0.15) is 74.0 Å². The number of likely N-dealkylation sites (N-methyl/N-ethyl adjacent to an activating group) is 2. The maximum atomic E-state index is 13.8. The number of fused-ring (bicyclic) bond motifs is 1. The third-order valence-electron chi connectivity index (χ3n) is 9.68. The molecule has 9 nitrogen and oxygen atoms in total. The Morgan fingerprint density at radius 1 is 0.936 bits per heavy atom. The normalized spacial score (nSPS) is 18.4. The summed E-state index contributed by atoms with van der Waals surface area (Å²) < 4.78 is 17.4. The molecule has 9 heteroatoms. The number of Topliss-reactive ketones (excluding diaryl/α,β-unsaturated/α-hetero) is 1. The molecule has 1 aliphatic heterocycles. The molecular formula is C38H47N3O6. The Labute approximate surface area is 278 Å². The van der Waals surface area contributed by atoms with Crippen molar-refractivity contribution in [2.45, 2.75) is 65.1 Å². The average molecular weight is 642 g/mol. The highest BCUT2D eigenvalue weighted by atomic mass is 16.7. The van der Waals surface area contributed by atoms with Gasteiger partial charge in [-0.3, -0.25) is 14.4 Å². The molecule has 5 rings (SSSR count). The van der Waals surface area contributed by atoms with Crippen molar-refractivity contribution in [1.82, 2.24) is 15.1 Å². The summed E-state index contributed by atoms with van der Waals surface area (Å²) in [5, 5.41) is 3.14. The maximum Gasteiger partial charge on any atom is 0.253 e. The zero-order chi connectivity index (χ0) is 33.6. The van der Waals surface area contributed by atoms with E-state index >= 15 is 0 Å². The molecule has 3 aromatic carbocycles. The van der Waals surface area contributed by atoms with Gasteiger partial charge >= 0.3 is 0 Å². The van der Waals surface area contributed by atoms with Crippen LogP contribution in [0.4, 0.5) is 0 Å². The van der Waals surface area contributed by atoms with Crippen LogP contribution in [0.25, 0.3) is 0 Å². The van der Waals surface area contributed by atoms with Gasteiger partial charge in [0.25, 0.3) is 5.91 Å². The van der Waals surface area contributed by atoms with Crippen molar-refractivity contribution in [2.24, 2.45) is 11.3 Å². The highest BCUT2D eigenvalue weighted by Crippen LogP contribution is 2.50. The van der Waals surface area contributed by atoms with Gasteiger partial charge in [0.05, 0.1) is 11.5 Å². The highest BCUT2D eigenvalue weighted by Gasteiger charge is 2.64. The number of hydrogen-bond donors (Lipinski definition) is 1. The molecule has 0 saturated heterocycles. The van der Waals surface area contributed by atoms with Crippen LogP contribution in [0, 0.1) is 11.3 Å². The zero-order valence-electron chi connectivity index (χ0n) is 28.2. The molecule has 3 atom stereocenters. The number of carbonyl (C=O) groups is 3. The summed E-state index contributed by atoms with van der Waals surface area (Å²) in [5.41, 5.74) is 1.93. The lowest BCUT2D eigenvalue weighted by Crippen LogP contribution is -2.68. The number of hydrogen-bond acceptors (Lipinski definition) is 7. The lowest BCUT2D eigenvalue weighted by molar-refractivity contribution is -0.173. The van der Waals surface area contributed by atoms with Crippen molar-refractivity contribution >= 4 is 17.6 Å². The number of amides is 2. The molecule has 1 saturated carbocycles. The van der Waals surface area contributed by atoms with Crippen molar-refractivity contribution in [2.75, 3.05) is 34.0 Å². The van der Waals surface area contributed by atoms with E-state index in [0.717, 1.165) is 25.1 Å². The Hall–Kier alpha value is -4.37. The number of benzene rings is 3. The predicted molar refractivity (Wildman–Crippen MR) is 180 cm³/mol. The van der Waals surface area contributed by atoms with Crippen LogP contribution >= 0.6 is 0 Å². The fourth-order valence-electron chi connectivity index (χ4n) is 6.69. The number of rotatable bonds is 15. The highest BCUT2D eigenvalue weighted by molar-refractivity contribution is 6.10. The Balaban J connectivity index is 1.23. The molecular weight excluding hydrogens is 594 g/mol. The lowest BCUT2D eigenvalue weighted by Gasteiger charge is -2.51. The Kier molecular flexibility index (Phi) is 10.9. The first kappa shape index (κ1) is 34.0. The van der Waals surface area contributed by atoms with Gasteiger partial charge in [0, 0.05) is 32.2 Å². The summed E-state index contributed by atoms with van der Waals surface area (Å²) in [6.45, 7) is 8.30. The largest absolute Gasteiger partial charge is 0.488 e. The van der Waals surface area contributed by atoms with Crippen LogP contribution in [0.5, 0.6) is 17.2 Å². The first-order valence-electron chi connectivity index (χ1n) is 16.7. The van der Waals surface area contributed by atoms with Gasteiger partial charge in [-0.2, -0.15) is 0 Å². The molecule has 3 aromatic rings. The molecule has 1 heterocycles. The number of nitrogens with one attached hydrogen (secondary N) is 1. The van der Waals surface area contributed by atoms with Crippen LogP contribution in [0.15, 0.2) is 72.8 Å². The number of ether oxygens (including phenoxy) is 3. The van der Waals surface area contributed by atoms with Crippen LogP contribution in [-0.4, -0.2) is 67.5 Å². The molecule has 1 N–H and O–H groups in total. The summed E-state index contributed by atoms with van der Waals surface area (Å²) in [6, 6.07) is 22.6. The van der Waals surface area contributed by atoms with Gasteiger partial charge < -0.3 is 29.3 Å². The van der Waals surface area contributed by atoms with Gasteiger partial charge in [0.2, 0.25) is 12.7 Å². The average Bonchev–Trinajstić information content (AvgIpc) is 3.56. The van der Waals surface area contributed by atoms with Crippen LogP contribution in [0.2, 0.25) is 0 Å². The van der Waals surface area contributed by atoms with Gasteiger partial charge in [-0.05, 0) is 73.8 Å². The fraction of sp³-hybridized carbons (Fsp3) is 0.447. The van der Waals surface area contributed by atoms with Gasteiger partial charge in [-0.15, -0.1) is 0 Å². The number of nitrogens with zero attached hydrogens (tertiary/aromatic N) is 2. The maximum absolute atomic E-state index is 13.8. The van der Waals surface area contributed by atoms with Crippen molar-refractivity contribution in [3.05, 3.63) is 89.5 Å². The van der Waals surface area contributed by atoms with E-state index in [4.69, 9.17) is 14.2 Å². The van der Waals surface area contributed by atoms with Gasteiger partial charge in [0.15, 0.2) is 17.3 Å². The molecule has 0 spiro atoms. The minimum absolute atomic E-state index is 0.0808. The predicted octanol–water partition coefficient (Wildman–Crippen LogP) is 6.03. The number of ketones is 1. The van der Waals surface area contributed by atoms with E-state index in [9.17, 15) is 14.4 Å². The van der Waals surface area contributed by atoms with Gasteiger partial charge in [-0.1, -0.05) is 63.6 Å². The molecule has 1 fully saturated rings. The quantitative estimate of drug-likeness (QED) is 0.203.